The van der Waals surface area contributed by atoms with Crippen molar-refractivity contribution in [3.8, 4) is 16.9 Å². The van der Waals surface area contributed by atoms with E-state index >= 15 is 0 Å². The average Bonchev–Trinajstić information content (AvgIpc) is 2.98. The lowest BCUT2D eigenvalue weighted by molar-refractivity contribution is -0.383. The number of nitro groups is 1. The van der Waals surface area contributed by atoms with Crippen LogP contribution in [0.1, 0.15) is 5.69 Å². The van der Waals surface area contributed by atoms with E-state index < -0.39 is 0 Å². The second-order valence-corrected chi connectivity index (χ2v) is 4.95. The molecule has 0 saturated heterocycles. The number of nitrogens with one attached hydrogen (secondary N) is 1. The van der Waals surface area contributed by atoms with Crippen LogP contribution in [-0.4, -0.2) is 17.0 Å². The fourth-order valence-corrected chi connectivity index (χ4v) is 2.57. The highest BCUT2D eigenvalue weighted by molar-refractivity contribution is 6.00. The van der Waals surface area contributed by atoms with E-state index in [-0.39, 0.29) is 10.6 Å². The van der Waals surface area contributed by atoms with Crippen LogP contribution in [0.2, 0.25) is 0 Å². The molecule has 0 aliphatic rings. The van der Waals surface area contributed by atoms with Gasteiger partial charge in [0.25, 0.3) is 5.69 Å². The van der Waals surface area contributed by atoms with Crippen molar-refractivity contribution in [2.75, 3.05) is 7.11 Å². The predicted molar refractivity (Wildman–Crippen MR) is 86.0 cm³/mol. The Balaban J connectivity index is 2.23. The predicted octanol–water partition coefficient (Wildman–Crippen LogP) is 4.13. The Morgan fingerprint density at radius 3 is 2.55 bits per heavy atom. The molecule has 1 N–H and O–H groups in total. The number of nitrogens with zero attached hydrogens (tertiary/aromatic N) is 1. The van der Waals surface area contributed by atoms with Crippen molar-refractivity contribution in [1.29, 1.82) is 0 Å². The van der Waals surface area contributed by atoms with Gasteiger partial charge < -0.3 is 9.72 Å². The van der Waals surface area contributed by atoms with E-state index in [1.54, 1.807) is 13.2 Å². The highest BCUT2D eigenvalue weighted by Gasteiger charge is 2.17. The molecule has 0 aliphatic carbocycles. The van der Waals surface area contributed by atoms with E-state index in [9.17, 15) is 10.1 Å². The molecule has 1 aromatic heterocycles. The summed E-state index contributed by atoms with van der Waals surface area (Å²) in [5.41, 5.74) is 3.41. The van der Waals surface area contributed by atoms with E-state index in [1.807, 2.05) is 30.3 Å². The van der Waals surface area contributed by atoms with Crippen molar-refractivity contribution < 1.29 is 9.66 Å². The van der Waals surface area contributed by atoms with Crippen LogP contribution in [0.25, 0.3) is 22.0 Å². The Kier molecular flexibility index (Phi) is 3.55. The molecule has 1 radical (unpaired) electrons. The molecular weight excluding hydrogens is 280 g/mol. The maximum Gasteiger partial charge on any atom is 0.293 e. The van der Waals surface area contributed by atoms with Gasteiger partial charge in [0.2, 0.25) is 0 Å². The number of aromatic nitrogens is 1. The van der Waals surface area contributed by atoms with Gasteiger partial charge in [-0.2, -0.15) is 0 Å². The molecule has 0 spiro atoms. The number of hydrogen-bond acceptors (Lipinski definition) is 3. The van der Waals surface area contributed by atoms with Gasteiger partial charge in [0.1, 0.15) is 11.3 Å². The Bertz CT molecular complexity index is 835. The van der Waals surface area contributed by atoms with Crippen molar-refractivity contribution in [1.82, 2.24) is 4.98 Å². The molecule has 0 saturated carbocycles. The van der Waals surface area contributed by atoms with Gasteiger partial charge in [0, 0.05) is 17.1 Å². The molecule has 1 heterocycles. The molecule has 0 bridgehead atoms. The number of benzene rings is 2. The zero-order valence-corrected chi connectivity index (χ0v) is 12.1. The van der Waals surface area contributed by atoms with Crippen molar-refractivity contribution in [2.24, 2.45) is 0 Å². The van der Waals surface area contributed by atoms with Crippen LogP contribution in [0.15, 0.2) is 42.5 Å². The fraction of sp³-hybridized carbons (Fsp3) is 0.118. The largest absolute Gasteiger partial charge is 0.497 e. The normalized spacial score (nSPS) is 10.8. The van der Waals surface area contributed by atoms with Crippen LogP contribution in [0, 0.1) is 17.0 Å². The molecule has 5 nitrogen and oxygen atoms in total. The highest BCUT2D eigenvalue weighted by atomic mass is 16.6. The minimum absolute atomic E-state index is 0.0759. The van der Waals surface area contributed by atoms with E-state index in [0.29, 0.717) is 11.9 Å². The summed E-state index contributed by atoms with van der Waals surface area (Å²) in [7, 11) is 1.62. The summed E-state index contributed by atoms with van der Waals surface area (Å²) in [6.45, 7) is 3.83. The molecule has 2 aromatic carbocycles. The fourth-order valence-electron chi connectivity index (χ4n) is 2.57. The number of nitro benzene ring substituents is 1. The smallest absolute Gasteiger partial charge is 0.293 e. The van der Waals surface area contributed by atoms with Gasteiger partial charge in [-0.15, -0.1) is 0 Å². The number of non-ortho nitro benzene ring substituents is 1. The van der Waals surface area contributed by atoms with Crippen LogP contribution in [0.4, 0.5) is 5.69 Å². The summed E-state index contributed by atoms with van der Waals surface area (Å²) >= 11 is 0. The third-order valence-corrected chi connectivity index (χ3v) is 3.69. The number of ether oxygens (including phenoxy) is 1. The molecule has 0 fully saturated rings. The Hall–Kier alpha value is -2.82. The van der Waals surface area contributed by atoms with Gasteiger partial charge in [-0.3, -0.25) is 10.1 Å². The van der Waals surface area contributed by atoms with Crippen LogP contribution in [0.3, 0.4) is 0 Å². The SMILES string of the molecule is [CH2]Cc1cc2c(-c3ccc(OC)cc3)ccc([N+](=O)[O-])c2[nH]1. The standard InChI is InChI=1S/C17H15N2O3/c1-3-12-10-15-14(11-4-6-13(22-2)7-5-11)8-9-16(19(20)21)17(15)18-12/h4-10,18H,1,3H2,2H3. The van der Waals surface area contributed by atoms with Crippen molar-refractivity contribution >= 4 is 16.6 Å². The number of rotatable bonds is 4. The van der Waals surface area contributed by atoms with Gasteiger partial charge in [-0.1, -0.05) is 12.1 Å². The quantitative estimate of drug-likeness (QED) is 0.581. The molecule has 3 rings (SSSR count). The number of aromatic amines is 1. The van der Waals surface area contributed by atoms with Gasteiger partial charge in [-0.05, 0) is 48.7 Å². The third-order valence-electron chi connectivity index (χ3n) is 3.69. The topological polar surface area (TPSA) is 68.2 Å². The molecule has 3 aromatic rings. The zero-order chi connectivity index (χ0) is 15.7. The zero-order valence-electron chi connectivity index (χ0n) is 12.1. The van der Waals surface area contributed by atoms with E-state index in [1.165, 1.54) is 6.07 Å². The molecule has 0 unspecified atom stereocenters. The number of methoxy groups -OCH3 is 1. The maximum atomic E-state index is 11.2. The first-order valence-electron chi connectivity index (χ1n) is 6.86. The Morgan fingerprint density at radius 1 is 1.23 bits per heavy atom. The number of hydrogen-bond donors (Lipinski definition) is 1. The van der Waals surface area contributed by atoms with Crippen molar-refractivity contribution in [2.45, 2.75) is 6.42 Å². The first-order valence-corrected chi connectivity index (χ1v) is 6.86. The summed E-state index contributed by atoms with van der Waals surface area (Å²) < 4.78 is 5.16. The second-order valence-electron chi connectivity index (χ2n) is 4.95. The molecule has 111 valence electrons. The lowest BCUT2D eigenvalue weighted by Gasteiger charge is -2.06. The molecule has 22 heavy (non-hydrogen) atoms. The summed E-state index contributed by atoms with van der Waals surface area (Å²) in [6.07, 6.45) is 0.549. The van der Waals surface area contributed by atoms with Crippen molar-refractivity contribution in [3.05, 3.63) is 65.2 Å². The molecule has 0 atom stereocenters. The monoisotopic (exact) mass is 295 g/mol. The van der Waals surface area contributed by atoms with Gasteiger partial charge in [0.15, 0.2) is 0 Å². The van der Waals surface area contributed by atoms with E-state index in [0.717, 1.165) is 28.0 Å². The van der Waals surface area contributed by atoms with Gasteiger partial charge in [0.05, 0.1) is 12.0 Å². The summed E-state index contributed by atoms with van der Waals surface area (Å²) in [4.78, 5) is 13.9. The average molecular weight is 295 g/mol. The molecule has 0 amide bonds. The Labute approximate surface area is 127 Å². The first-order chi connectivity index (χ1) is 10.6. The lowest BCUT2D eigenvalue weighted by Crippen LogP contribution is -1.91. The Morgan fingerprint density at radius 2 is 1.95 bits per heavy atom. The maximum absolute atomic E-state index is 11.2. The first kappa shape index (κ1) is 14.1. The minimum Gasteiger partial charge on any atom is -0.497 e. The van der Waals surface area contributed by atoms with E-state index in [2.05, 4.69) is 11.9 Å². The number of H-pyrrole nitrogens is 1. The van der Waals surface area contributed by atoms with Crippen LogP contribution >= 0.6 is 0 Å². The molecule has 0 aliphatic heterocycles. The highest BCUT2D eigenvalue weighted by Crippen LogP contribution is 2.35. The second kappa shape index (κ2) is 5.52. The lowest BCUT2D eigenvalue weighted by atomic mass is 10.0. The van der Waals surface area contributed by atoms with Gasteiger partial charge >= 0.3 is 0 Å². The number of fused-ring (bicyclic) bond motifs is 1. The van der Waals surface area contributed by atoms with Crippen LogP contribution < -0.4 is 4.74 Å². The summed E-state index contributed by atoms with van der Waals surface area (Å²) in [5.74, 6) is 0.773. The summed E-state index contributed by atoms with van der Waals surface area (Å²) in [5, 5.41) is 12.0. The van der Waals surface area contributed by atoms with E-state index in [4.69, 9.17) is 4.74 Å². The molecular formula is C17H15N2O3. The van der Waals surface area contributed by atoms with Crippen LogP contribution in [-0.2, 0) is 6.42 Å². The van der Waals surface area contributed by atoms with Gasteiger partial charge in [-0.25, -0.2) is 0 Å². The summed E-state index contributed by atoms with van der Waals surface area (Å²) in [6, 6.07) is 12.9. The minimum atomic E-state index is -0.372. The van der Waals surface area contributed by atoms with Crippen molar-refractivity contribution in [3.63, 3.8) is 0 Å². The van der Waals surface area contributed by atoms with Crippen LogP contribution in [0.5, 0.6) is 5.75 Å². The molecule has 5 heteroatoms. The third kappa shape index (κ3) is 2.30.